The fourth-order valence-corrected chi connectivity index (χ4v) is 10.6. The van der Waals surface area contributed by atoms with E-state index >= 15 is 0 Å². The highest BCUT2D eigenvalue weighted by Gasteiger charge is 2.28. The SMILES string of the molecule is Cc1c(Cc2cccnc2S(=O)(=O)c2ccccc2)c2cc(F)ccc2n1CC(=O)OC(=O)Cn1c(C)c(Cc2cccnc2S(=O)(=O)c2ccc(F)cc2)c2cc(F)ccc21. The Morgan fingerprint density at radius 3 is 1.42 bits per heavy atom. The number of rotatable bonds is 12. The van der Waals surface area contributed by atoms with Crippen LogP contribution in [0.25, 0.3) is 21.8 Å². The van der Waals surface area contributed by atoms with Gasteiger partial charge in [-0.1, -0.05) is 30.3 Å². The molecule has 0 aliphatic rings. The molecule has 4 heterocycles. The quantitative estimate of drug-likeness (QED) is 0.0676. The van der Waals surface area contributed by atoms with Crippen molar-refractivity contribution in [2.45, 2.75) is 59.6 Å². The van der Waals surface area contributed by atoms with Crippen LogP contribution in [0.15, 0.2) is 147 Å². The first-order valence-corrected chi connectivity index (χ1v) is 22.1. The van der Waals surface area contributed by atoms with Crippen LogP contribution in [0.1, 0.15) is 33.6 Å². The Kier molecular flexibility index (Phi) is 11.1. The van der Waals surface area contributed by atoms with E-state index in [2.05, 4.69) is 9.97 Å². The summed E-state index contributed by atoms with van der Waals surface area (Å²) in [5.74, 6) is -3.63. The van der Waals surface area contributed by atoms with E-state index in [-0.39, 0.29) is 38.2 Å². The summed E-state index contributed by atoms with van der Waals surface area (Å²) in [6, 6.07) is 26.5. The largest absolute Gasteiger partial charge is 0.390 e. The van der Waals surface area contributed by atoms with Gasteiger partial charge < -0.3 is 13.9 Å². The van der Waals surface area contributed by atoms with Crippen molar-refractivity contribution in [3.05, 3.63) is 179 Å². The van der Waals surface area contributed by atoms with Gasteiger partial charge in [0.05, 0.1) is 9.79 Å². The first-order chi connectivity index (χ1) is 29.6. The number of hydrogen-bond acceptors (Lipinski definition) is 9. The summed E-state index contributed by atoms with van der Waals surface area (Å²) >= 11 is 0. The molecule has 0 aliphatic heterocycles. The van der Waals surface area contributed by atoms with E-state index in [1.165, 1.54) is 65.5 Å². The number of carbonyl (C=O) groups excluding carboxylic acids is 2. The molecule has 16 heteroatoms. The Balaban J connectivity index is 1.06. The Hall–Kier alpha value is -6.91. The summed E-state index contributed by atoms with van der Waals surface area (Å²) in [5.41, 5.74) is 3.46. The molecule has 0 radical (unpaired) electrons. The third-order valence-corrected chi connectivity index (χ3v) is 14.3. The highest BCUT2D eigenvalue weighted by atomic mass is 32.2. The normalized spacial score (nSPS) is 12.0. The molecule has 0 saturated carbocycles. The third kappa shape index (κ3) is 7.89. The van der Waals surface area contributed by atoms with Crippen LogP contribution in [0.3, 0.4) is 0 Å². The van der Waals surface area contributed by atoms with E-state index in [9.17, 15) is 39.6 Å². The van der Waals surface area contributed by atoms with Crippen molar-refractivity contribution in [3.8, 4) is 0 Å². The molecule has 4 aromatic carbocycles. The van der Waals surface area contributed by atoms with Crippen LogP contribution in [-0.4, -0.2) is 47.9 Å². The molecule has 4 aromatic heterocycles. The number of halogens is 3. The summed E-state index contributed by atoms with van der Waals surface area (Å²) in [6.07, 6.45) is 2.66. The van der Waals surface area contributed by atoms with Crippen LogP contribution in [0, 0.1) is 31.3 Å². The van der Waals surface area contributed by atoms with Crippen LogP contribution in [0.2, 0.25) is 0 Å². The second-order valence-corrected chi connectivity index (χ2v) is 18.3. The Morgan fingerprint density at radius 2 is 0.968 bits per heavy atom. The lowest BCUT2D eigenvalue weighted by Crippen LogP contribution is -2.22. The fourth-order valence-electron chi connectivity index (χ4n) is 7.77. The zero-order chi connectivity index (χ0) is 43.9. The number of benzene rings is 4. The predicted molar refractivity (Wildman–Crippen MR) is 222 cm³/mol. The van der Waals surface area contributed by atoms with Gasteiger partial charge in [-0.2, -0.15) is 0 Å². The van der Waals surface area contributed by atoms with Gasteiger partial charge in [-0.05, 0) is 121 Å². The lowest BCUT2D eigenvalue weighted by Gasteiger charge is -2.12. The molecule has 0 saturated heterocycles. The first kappa shape index (κ1) is 41.8. The average molecular weight is 877 g/mol. The smallest absolute Gasteiger partial charge is 0.333 e. The van der Waals surface area contributed by atoms with Gasteiger partial charge in [0.1, 0.15) is 30.5 Å². The number of carbonyl (C=O) groups is 2. The molecule has 0 atom stereocenters. The van der Waals surface area contributed by atoms with E-state index in [1.54, 1.807) is 60.9 Å². The maximum atomic E-state index is 14.8. The molecule has 0 spiro atoms. The van der Waals surface area contributed by atoms with Crippen LogP contribution in [0.4, 0.5) is 13.2 Å². The maximum Gasteiger partial charge on any atom is 0.333 e. The van der Waals surface area contributed by atoms with Crippen LogP contribution < -0.4 is 0 Å². The van der Waals surface area contributed by atoms with Gasteiger partial charge in [0.15, 0.2) is 10.1 Å². The molecule has 11 nitrogen and oxygen atoms in total. The van der Waals surface area contributed by atoms with Crippen molar-refractivity contribution in [3.63, 3.8) is 0 Å². The Bertz CT molecular complexity index is 3300. The molecule has 0 N–H and O–H groups in total. The lowest BCUT2D eigenvalue weighted by molar-refractivity contribution is -0.160. The van der Waals surface area contributed by atoms with E-state index in [0.29, 0.717) is 49.9 Å². The molecular weight excluding hydrogens is 842 g/mol. The summed E-state index contributed by atoms with van der Waals surface area (Å²) in [7, 11) is -8.23. The van der Waals surface area contributed by atoms with Gasteiger partial charge in [-0.3, -0.25) is 0 Å². The summed E-state index contributed by atoms with van der Waals surface area (Å²) in [5, 5.41) is 0.371. The van der Waals surface area contributed by atoms with E-state index in [0.717, 1.165) is 24.3 Å². The highest BCUT2D eigenvalue weighted by molar-refractivity contribution is 7.91. The summed E-state index contributed by atoms with van der Waals surface area (Å²) in [6.45, 7) is 2.42. The standard InChI is InChI=1S/C46H35F3N4O7S2/c1-28-37(22-30-8-6-20-50-45(30)61(56,57)35-10-4-3-5-11-35)39-24-33(48)14-18-41(39)52(28)26-43(54)60-44(55)27-53-29(2)38(40-25-34(49)15-19-42(40)53)23-31-9-7-21-51-46(31)62(58,59)36-16-12-32(47)13-17-36/h3-21,24-25H,22-23,26-27H2,1-2H3. The fraction of sp³-hybridized carbons (Fsp3) is 0.130. The van der Waals surface area contributed by atoms with Crippen LogP contribution in [0.5, 0.6) is 0 Å². The molecule has 314 valence electrons. The second-order valence-electron chi connectivity index (χ2n) is 14.5. The number of nitrogens with zero attached hydrogens (tertiary/aromatic N) is 4. The number of ether oxygens (including phenoxy) is 1. The minimum absolute atomic E-state index is 0.0175. The van der Waals surface area contributed by atoms with Gasteiger partial charge in [0.25, 0.3) is 0 Å². The number of pyridine rings is 2. The Morgan fingerprint density at radius 1 is 0.548 bits per heavy atom. The van der Waals surface area contributed by atoms with Crippen molar-refractivity contribution in [2.75, 3.05) is 0 Å². The van der Waals surface area contributed by atoms with E-state index in [1.807, 2.05) is 0 Å². The van der Waals surface area contributed by atoms with Gasteiger partial charge in [-0.25, -0.2) is 49.6 Å². The molecular formula is C46H35F3N4O7S2. The predicted octanol–water partition coefficient (Wildman–Crippen LogP) is 8.04. The second kappa shape index (κ2) is 16.5. The van der Waals surface area contributed by atoms with Crippen LogP contribution >= 0.6 is 0 Å². The van der Waals surface area contributed by atoms with Crippen molar-refractivity contribution >= 4 is 53.4 Å². The number of sulfone groups is 2. The van der Waals surface area contributed by atoms with Crippen molar-refractivity contribution in [2.24, 2.45) is 0 Å². The molecule has 0 unspecified atom stereocenters. The van der Waals surface area contributed by atoms with Gasteiger partial charge in [0.2, 0.25) is 19.7 Å². The minimum Gasteiger partial charge on any atom is -0.390 e. The van der Waals surface area contributed by atoms with Gasteiger partial charge >= 0.3 is 11.9 Å². The van der Waals surface area contributed by atoms with Gasteiger partial charge in [0, 0.05) is 58.4 Å². The third-order valence-electron chi connectivity index (χ3n) is 10.8. The molecule has 62 heavy (non-hydrogen) atoms. The van der Waals surface area contributed by atoms with Crippen molar-refractivity contribution in [1.82, 2.24) is 19.1 Å². The highest BCUT2D eigenvalue weighted by Crippen LogP contribution is 2.34. The van der Waals surface area contributed by atoms with Crippen molar-refractivity contribution in [1.29, 1.82) is 0 Å². The zero-order valence-corrected chi connectivity index (χ0v) is 34.7. The number of hydrogen-bond donors (Lipinski definition) is 0. The molecule has 0 aliphatic carbocycles. The van der Waals surface area contributed by atoms with Crippen LogP contribution in [-0.2, 0) is 59.9 Å². The lowest BCUT2D eigenvalue weighted by atomic mass is 10.0. The van der Waals surface area contributed by atoms with E-state index < -0.39 is 62.2 Å². The number of aromatic nitrogens is 4. The first-order valence-electron chi connectivity index (χ1n) is 19.1. The Labute approximate surface area is 353 Å². The van der Waals surface area contributed by atoms with E-state index in [4.69, 9.17) is 4.74 Å². The van der Waals surface area contributed by atoms with Crippen molar-refractivity contribution < 1.29 is 44.3 Å². The van der Waals surface area contributed by atoms with Gasteiger partial charge in [-0.15, -0.1) is 0 Å². The maximum absolute atomic E-state index is 14.8. The number of fused-ring (bicyclic) bond motifs is 2. The topological polar surface area (TPSA) is 147 Å². The molecule has 0 amide bonds. The molecule has 8 rings (SSSR count). The molecule has 8 aromatic rings. The average Bonchev–Trinajstić information content (AvgIpc) is 3.64. The summed E-state index contributed by atoms with van der Waals surface area (Å²) < 4.78 is 106. The zero-order valence-electron chi connectivity index (χ0n) is 33.0. The monoisotopic (exact) mass is 876 g/mol. The minimum atomic E-state index is -4.20. The summed E-state index contributed by atoms with van der Waals surface area (Å²) in [4.78, 5) is 35.3. The molecule has 0 bridgehead atoms. The molecule has 0 fully saturated rings. The number of esters is 2.